The van der Waals surface area contributed by atoms with Gasteiger partial charge in [-0.3, -0.25) is 4.79 Å². The van der Waals surface area contributed by atoms with E-state index in [9.17, 15) is 0 Å². The van der Waals surface area contributed by atoms with Crippen LogP contribution in [-0.4, -0.2) is 11.1 Å². The van der Waals surface area contributed by atoms with Gasteiger partial charge in [0.2, 0.25) is 0 Å². The van der Waals surface area contributed by atoms with Crippen molar-refractivity contribution in [2.24, 2.45) is 0 Å². The number of carbonyl (C=O) groups is 1. The van der Waals surface area contributed by atoms with Gasteiger partial charge < -0.3 is 30.4 Å². The van der Waals surface area contributed by atoms with Crippen LogP contribution in [0.15, 0.2) is 12.2 Å². The first-order valence-electron chi connectivity index (χ1n) is 1.93. The van der Waals surface area contributed by atoms with Crippen LogP contribution in [0.5, 0.6) is 0 Å². The second-order valence-corrected chi connectivity index (χ2v) is 0.904. The number of carboxylic acid groups (broad SMARTS) is 1. The zero-order valence-corrected chi connectivity index (χ0v) is 8.30. The molecule has 0 aliphatic rings. The molecule has 0 atom stereocenters. The van der Waals surface area contributed by atoms with E-state index >= 15 is 0 Å². The Balaban J connectivity index is -0.0000000720. The summed E-state index contributed by atoms with van der Waals surface area (Å²) < 4.78 is 0. The summed E-state index contributed by atoms with van der Waals surface area (Å²) in [4.78, 5) is 9.00. The van der Waals surface area contributed by atoms with Crippen LogP contribution in [0.2, 0.25) is 0 Å². The summed E-state index contributed by atoms with van der Waals surface area (Å²) in [7, 11) is 0. The Hall–Kier alpha value is 0.327. The van der Waals surface area contributed by atoms with Gasteiger partial charge in [0, 0.05) is 48.7 Å². The molecule has 0 bridgehead atoms. The van der Waals surface area contributed by atoms with Crippen LogP contribution < -0.4 is 0 Å². The minimum atomic E-state index is -0.833. The smallest absolute Gasteiger partial charge is 0.300 e. The normalized spacial score (nSPS) is 5.00. The van der Waals surface area contributed by atoms with Crippen molar-refractivity contribution in [3.8, 4) is 0 Å². The van der Waals surface area contributed by atoms with Crippen molar-refractivity contribution in [3.63, 3.8) is 0 Å². The van der Waals surface area contributed by atoms with Gasteiger partial charge in [0.05, 0.1) is 0 Å². The predicted molar refractivity (Wildman–Crippen MR) is 31.0 cm³/mol. The molecular weight excluding hydrogens is 244 g/mol. The Morgan fingerprint density at radius 1 is 1.44 bits per heavy atom. The zero-order valence-electron chi connectivity index (χ0n) is 5.16. The fraction of sp³-hybridized carbons (Fsp3) is 0.167. The minimum absolute atomic E-state index is 0. The summed E-state index contributed by atoms with van der Waals surface area (Å²) in [6, 6.07) is 0. The Kier molecular flexibility index (Phi) is 28.3. The van der Waals surface area contributed by atoms with Gasteiger partial charge in [0.25, 0.3) is 5.97 Å². The molecule has 0 radical (unpaired) electrons. The van der Waals surface area contributed by atoms with Gasteiger partial charge in [-0.2, -0.15) is 0 Å². The molecule has 50 valence electrons. The summed E-state index contributed by atoms with van der Waals surface area (Å²) in [6.07, 6.45) is 2.56. The third kappa shape index (κ3) is 189. The summed E-state index contributed by atoms with van der Waals surface area (Å²) in [5, 5.41) is 7.42. The molecule has 0 heterocycles. The van der Waals surface area contributed by atoms with Gasteiger partial charge in [-0.15, -0.1) is 0 Å². The van der Waals surface area contributed by atoms with Gasteiger partial charge in [0.15, 0.2) is 0 Å². The van der Waals surface area contributed by atoms with E-state index in [0.717, 1.165) is 6.92 Å². The predicted octanol–water partition coefficient (Wildman–Crippen LogP) is 1.06. The van der Waals surface area contributed by atoms with E-state index in [4.69, 9.17) is 23.1 Å². The van der Waals surface area contributed by atoms with E-state index < -0.39 is 5.97 Å². The minimum Gasteiger partial charge on any atom is -0.481 e. The summed E-state index contributed by atoms with van der Waals surface area (Å²) in [5.41, 5.74) is 0. The van der Waals surface area contributed by atoms with E-state index in [2.05, 4.69) is 0 Å². The van der Waals surface area contributed by atoms with Crippen molar-refractivity contribution >= 4 is 5.97 Å². The Bertz CT molecular complexity index is 79.1. The van der Waals surface area contributed by atoms with Crippen LogP contribution >= 0.6 is 0 Å². The molecule has 0 amide bonds. The topological polar surface area (TPSA) is 37.3 Å². The molecule has 0 fully saturated rings. The molecule has 0 aromatic rings. The van der Waals surface area contributed by atoms with Crippen molar-refractivity contribution in [2.45, 2.75) is 6.92 Å². The first-order valence-corrected chi connectivity index (χ1v) is 1.93. The van der Waals surface area contributed by atoms with Gasteiger partial charge in [0.1, 0.15) is 0 Å². The van der Waals surface area contributed by atoms with Crippen molar-refractivity contribution in [3.05, 3.63) is 25.3 Å². The van der Waals surface area contributed by atoms with Gasteiger partial charge in [-0.1, -0.05) is 0 Å². The number of carboxylic acids is 1. The molecule has 2 nitrogen and oxygen atoms in total. The molecular formula is C6H8CeO2-2. The average molecular weight is 252 g/mol. The maximum absolute atomic E-state index is 9.00. The van der Waals surface area contributed by atoms with Crippen LogP contribution in [0.1, 0.15) is 6.92 Å². The van der Waals surface area contributed by atoms with Gasteiger partial charge in [-0.05, 0) is 0 Å². The third-order valence-corrected chi connectivity index (χ3v) is 0.111. The molecule has 0 spiro atoms. The molecule has 0 rings (SSSR count). The fourth-order valence-electron chi connectivity index (χ4n) is 0. The van der Waals surface area contributed by atoms with E-state index in [-0.39, 0.29) is 41.7 Å². The number of aliphatic carboxylic acids is 1. The summed E-state index contributed by atoms with van der Waals surface area (Å²) in [5.74, 6) is -0.833. The second kappa shape index (κ2) is 15.8. The third-order valence-electron chi connectivity index (χ3n) is 0.111. The maximum atomic E-state index is 9.00. The number of rotatable bonds is 1. The monoisotopic (exact) mass is 252 g/mol. The Labute approximate surface area is 89.0 Å². The number of hydrogen-bond acceptors (Lipinski definition) is 1. The molecule has 3 heteroatoms. The standard InChI is InChI=1S/C4H4.C2H4O2.Ce/c1-3-4-2;1-2(3)4;/h1-4H;1H3,(H,3,4);/q-2;;. The van der Waals surface area contributed by atoms with Crippen LogP contribution in [0.25, 0.3) is 0 Å². The number of hydrogen-bond donors (Lipinski definition) is 1. The first-order chi connectivity index (χ1) is 3.65. The van der Waals surface area contributed by atoms with Crippen molar-refractivity contribution in [2.75, 3.05) is 0 Å². The summed E-state index contributed by atoms with van der Waals surface area (Å²) >= 11 is 0. The van der Waals surface area contributed by atoms with E-state index in [1.54, 1.807) is 0 Å². The van der Waals surface area contributed by atoms with Crippen molar-refractivity contribution < 1.29 is 51.6 Å². The van der Waals surface area contributed by atoms with Crippen LogP contribution in [0.3, 0.4) is 0 Å². The Morgan fingerprint density at radius 2 is 1.56 bits per heavy atom. The molecule has 0 aliphatic heterocycles. The average Bonchev–Trinajstić information content (AvgIpc) is 1.65. The van der Waals surface area contributed by atoms with Crippen LogP contribution in [0.4, 0.5) is 0 Å². The second-order valence-electron chi connectivity index (χ2n) is 0.904. The van der Waals surface area contributed by atoms with Gasteiger partial charge in [-0.25, -0.2) is 0 Å². The molecule has 0 saturated carbocycles. The molecule has 0 aliphatic carbocycles. The maximum Gasteiger partial charge on any atom is 0.300 e. The van der Waals surface area contributed by atoms with Crippen LogP contribution in [0, 0.1) is 54.9 Å². The number of allylic oxidation sites excluding steroid dienone is 2. The molecule has 0 unspecified atom stereocenters. The van der Waals surface area contributed by atoms with E-state index in [0.29, 0.717) is 0 Å². The zero-order chi connectivity index (χ0) is 6.99. The SMILES string of the molecule is CC(=O)O.[CH-]=CC=[CH-].[Ce]. The van der Waals surface area contributed by atoms with E-state index in [1.807, 2.05) is 0 Å². The molecule has 0 aromatic carbocycles. The summed E-state index contributed by atoms with van der Waals surface area (Å²) in [6.45, 7) is 10.5. The largest absolute Gasteiger partial charge is 0.481 e. The molecule has 1 N–H and O–H groups in total. The van der Waals surface area contributed by atoms with Crippen molar-refractivity contribution in [1.82, 2.24) is 0 Å². The Morgan fingerprint density at radius 3 is 1.56 bits per heavy atom. The van der Waals surface area contributed by atoms with E-state index in [1.165, 1.54) is 12.2 Å². The molecule has 9 heavy (non-hydrogen) atoms. The quantitative estimate of drug-likeness (QED) is 0.559. The van der Waals surface area contributed by atoms with Gasteiger partial charge >= 0.3 is 0 Å². The molecule has 0 saturated heterocycles. The molecule has 0 aromatic heterocycles. The van der Waals surface area contributed by atoms with Crippen molar-refractivity contribution in [1.29, 1.82) is 0 Å². The first kappa shape index (κ1) is 16.2. The van der Waals surface area contributed by atoms with Crippen LogP contribution in [-0.2, 0) is 4.79 Å². The fourth-order valence-corrected chi connectivity index (χ4v) is 0.